The predicted octanol–water partition coefficient (Wildman–Crippen LogP) is 3.18. The van der Waals surface area contributed by atoms with Crippen molar-refractivity contribution in [3.05, 3.63) is 58.3 Å². The summed E-state index contributed by atoms with van der Waals surface area (Å²) < 4.78 is 28.4. The minimum absolute atomic E-state index is 0.0461. The number of rotatable bonds is 3. The van der Waals surface area contributed by atoms with E-state index in [0.29, 0.717) is 4.47 Å². The number of aromatic nitrogens is 1. The van der Waals surface area contributed by atoms with Crippen molar-refractivity contribution < 1.29 is 8.42 Å². The van der Waals surface area contributed by atoms with Crippen LogP contribution in [0.2, 0.25) is 0 Å². The number of nitrogens with zero attached hydrogens (tertiary/aromatic N) is 1. The molecule has 0 saturated carbocycles. The summed E-state index contributed by atoms with van der Waals surface area (Å²) in [5.74, 6) is 0. The summed E-state index contributed by atoms with van der Waals surface area (Å²) in [5, 5.41) is 0. The smallest absolute Gasteiger partial charge is 0.242 e. The van der Waals surface area contributed by atoms with Gasteiger partial charge in [0.2, 0.25) is 10.0 Å². The quantitative estimate of drug-likeness (QED) is 0.759. The van der Waals surface area contributed by atoms with Gasteiger partial charge in [0.15, 0.2) is 0 Å². The second kappa shape index (κ2) is 5.79. The minimum atomic E-state index is -3.61. The number of hydrogen-bond acceptors (Lipinski definition) is 3. The number of pyridine rings is 1. The summed E-state index contributed by atoms with van der Waals surface area (Å²) in [6.45, 7) is 0. The van der Waals surface area contributed by atoms with Crippen LogP contribution < -0.4 is 4.72 Å². The van der Waals surface area contributed by atoms with Gasteiger partial charge >= 0.3 is 0 Å². The summed E-state index contributed by atoms with van der Waals surface area (Å²) in [7, 11) is -3.61. The van der Waals surface area contributed by atoms with Crippen molar-refractivity contribution in [2.45, 2.75) is 22.2 Å². The molecule has 0 aliphatic heterocycles. The summed E-state index contributed by atoms with van der Waals surface area (Å²) in [6, 6.07) is 9.14. The van der Waals surface area contributed by atoms with E-state index in [1.54, 1.807) is 12.3 Å². The molecule has 0 amide bonds. The van der Waals surface area contributed by atoms with Crippen LogP contribution in [0.3, 0.4) is 0 Å². The first-order valence-corrected chi connectivity index (χ1v) is 9.51. The third-order valence-electron chi connectivity index (χ3n) is 3.44. The van der Waals surface area contributed by atoms with E-state index in [9.17, 15) is 8.42 Å². The molecule has 2 aromatic rings. The molecular weight excluding hydrogens is 420 g/mol. The van der Waals surface area contributed by atoms with Crippen LogP contribution in [-0.4, -0.2) is 18.2 Å². The first-order valence-electron chi connectivity index (χ1n) is 6.32. The third-order valence-corrected chi connectivity index (χ3v) is 6.13. The molecule has 1 aromatic carbocycles. The SMILES string of the molecule is O=S(=O)(NC1c2ccccc2CC1Br)c1cncc(Br)c1. The van der Waals surface area contributed by atoms with E-state index in [1.807, 2.05) is 24.3 Å². The largest absolute Gasteiger partial charge is 0.262 e. The van der Waals surface area contributed by atoms with E-state index in [0.717, 1.165) is 12.0 Å². The molecule has 1 aromatic heterocycles. The molecule has 1 aliphatic carbocycles. The molecule has 3 rings (SSSR count). The highest BCUT2D eigenvalue weighted by Crippen LogP contribution is 2.36. The molecule has 1 aliphatic rings. The maximum absolute atomic E-state index is 12.5. The molecule has 4 nitrogen and oxygen atoms in total. The molecule has 110 valence electrons. The number of hydrogen-bond donors (Lipinski definition) is 1. The van der Waals surface area contributed by atoms with Crippen LogP contribution in [0.4, 0.5) is 0 Å². The molecule has 7 heteroatoms. The van der Waals surface area contributed by atoms with Gasteiger partial charge < -0.3 is 0 Å². The molecule has 0 radical (unpaired) electrons. The number of sulfonamides is 1. The molecule has 0 spiro atoms. The zero-order chi connectivity index (χ0) is 15.0. The van der Waals surface area contributed by atoms with Crippen molar-refractivity contribution in [2.75, 3.05) is 0 Å². The number of halogens is 2. The van der Waals surface area contributed by atoms with E-state index in [2.05, 4.69) is 41.6 Å². The van der Waals surface area contributed by atoms with E-state index in [4.69, 9.17) is 0 Å². The van der Waals surface area contributed by atoms with Crippen molar-refractivity contribution in [1.29, 1.82) is 0 Å². The number of fused-ring (bicyclic) bond motifs is 1. The molecule has 2 unspecified atom stereocenters. The highest BCUT2D eigenvalue weighted by molar-refractivity contribution is 9.10. The third kappa shape index (κ3) is 3.06. The second-order valence-corrected chi connectivity index (χ2v) is 8.66. The van der Waals surface area contributed by atoms with Crippen LogP contribution in [0.25, 0.3) is 0 Å². The van der Waals surface area contributed by atoms with Gasteiger partial charge in [-0.05, 0) is 39.5 Å². The number of alkyl halides is 1. The van der Waals surface area contributed by atoms with Crippen LogP contribution in [0.1, 0.15) is 17.2 Å². The van der Waals surface area contributed by atoms with Gasteiger partial charge in [-0.3, -0.25) is 4.98 Å². The molecule has 0 bridgehead atoms. The van der Waals surface area contributed by atoms with Crippen LogP contribution >= 0.6 is 31.9 Å². The average molecular weight is 432 g/mol. The molecule has 1 N–H and O–H groups in total. The van der Waals surface area contributed by atoms with Crippen LogP contribution in [0.5, 0.6) is 0 Å². The summed E-state index contributed by atoms with van der Waals surface area (Å²) >= 11 is 6.81. The molecule has 21 heavy (non-hydrogen) atoms. The van der Waals surface area contributed by atoms with Gasteiger partial charge in [0.25, 0.3) is 0 Å². The van der Waals surface area contributed by atoms with Crippen molar-refractivity contribution in [1.82, 2.24) is 9.71 Å². The number of benzene rings is 1. The zero-order valence-corrected chi connectivity index (χ0v) is 14.8. The molecule has 1 heterocycles. The van der Waals surface area contributed by atoms with Crippen molar-refractivity contribution >= 4 is 41.9 Å². The lowest BCUT2D eigenvalue weighted by Gasteiger charge is -2.17. The van der Waals surface area contributed by atoms with Crippen molar-refractivity contribution in [3.63, 3.8) is 0 Å². The van der Waals surface area contributed by atoms with Gasteiger partial charge in [0.05, 0.1) is 6.04 Å². The normalized spacial score (nSPS) is 21.2. The lowest BCUT2D eigenvalue weighted by molar-refractivity contribution is 0.559. The Morgan fingerprint density at radius 3 is 2.76 bits per heavy atom. The lowest BCUT2D eigenvalue weighted by atomic mass is 10.1. The Kier molecular flexibility index (Phi) is 4.18. The van der Waals surface area contributed by atoms with Crippen LogP contribution in [-0.2, 0) is 16.4 Å². The fourth-order valence-corrected chi connectivity index (χ4v) is 5.16. The molecule has 0 fully saturated rings. The summed E-state index contributed by atoms with van der Waals surface area (Å²) in [6.07, 6.45) is 3.70. The van der Waals surface area contributed by atoms with Gasteiger partial charge in [-0.2, -0.15) is 0 Å². The fraction of sp³-hybridized carbons (Fsp3) is 0.214. The monoisotopic (exact) mass is 430 g/mol. The van der Waals surface area contributed by atoms with Crippen LogP contribution in [0, 0.1) is 0 Å². The lowest BCUT2D eigenvalue weighted by Crippen LogP contribution is -2.31. The van der Waals surface area contributed by atoms with Crippen LogP contribution in [0.15, 0.2) is 52.1 Å². The van der Waals surface area contributed by atoms with Gasteiger partial charge in [-0.1, -0.05) is 40.2 Å². The van der Waals surface area contributed by atoms with Gasteiger partial charge in [-0.25, -0.2) is 13.1 Å². The Labute approximate surface area is 140 Å². The highest BCUT2D eigenvalue weighted by atomic mass is 79.9. The number of nitrogens with one attached hydrogen (secondary N) is 1. The van der Waals surface area contributed by atoms with E-state index in [1.165, 1.54) is 11.8 Å². The Bertz CT molecular complexity index is 780. The van der Waals surface area contributed by atoms with E-state index in [-0.39, 0.29) is 15.8 Å². The van der Waals surface area contributed by atoms with Crippen molar-refractivity contribution in [2.24, 2.45) is 0 Å². The highest BCUT2D eigenvalue weighted by Gasteiger charge is 2.34. The summed E-state index contributed by atoms with van der Waals surface area (Å²) in [4.78, 5) is 4.11. The molecule has 2 atom stereocenters. The zero-order valence-electron chi connectivity index (χ0n) is 10.8. The predicted molar refractivity (Wildman–Crippen MR) is 87.9 cm³/mol. The van der Waals surface area contributed by atoms with Gasteiger partial charge in [0, 0.05) is 21.7 Å². The topological polar surface area (TPSA) is 59.1 Å². The molecular formula is C14H12Br2N2O2S. The van der Waals surface area contributed by atoms with E-state index < -0.39 is 10.0 Å². The fourth-order valence-electron chi connectivity index (χ4n) is 2.46. The maximum atomic E-state index is 12.5. The Morgan fingerprint density at radius 2 is 2.00 bits per heavy atom. The second-order valence-electron chi connectivity index (χ2n) is 4.86. The first-order chi connectivity index (χ1) is 9.97. The Balaban J connectivity index is 1.93. The average Bonchev–Trinajstić information content (AvgIpc) is 2.75. The van der Waals surface area contributed by atoms with Gasteiger partial charge in [-0.15, -0.1) is 0 Å². The minimum Gasteiger partial charge on any atom is -0.262 e. The Morgan fingerprint density at radius 1 is 1.24 bits per heavy atom. The van der Waals surface area contributed by atoms with Crippen molar-refractivity contribution in [3.8, 4) is 0 Å². The van der Waals surface area contributed by atoms with E-state index >= 15 is 0 Å². The maximum Gasteiger partial charge on any atom is 0.242 e. The summed E-state index contributed by atoms with van der Waals surface area (Å²) in [5.41, 5.74) is 2.19. The van der Waals surface area contributed by atoms with Gasteiger partial charge in [0.1, 0.15) is 4.90 Å². The standard InChI is InChI=1S/C14H12Br2N2O2S/c15-10-6-11(8-17-7-10)21(19,20)18-14-12-4-2-1-3-9(12)5-13(14)16/h1-4,6-8,13-14,18H,5H2. The Hall–Kier alpha value is -0.760. The molecule has 0 saturated heterocycles. The first kappa shape index (κ1) is 15.1.